The molecular weight excluding hydrogens is 390 g/mol. The predicted octanol–water partition coefficient (Wildman–Crippen LogP) is 0.961. The van der Waals surface area contributed by atoms with Crippen molar-refractivity contribution in [3.63, 3.8) is 0 Å². The van der Waals surface area contributed by atoms with E-state index in [1.165, 1.54) is 38.4 Å². The number of hydrogen-bond acceptors (Lipinski definition) is 5. The van der Waals surface area contributed by atoms with Gasteiger partial charge in [0.05, 0.1) is 16.8 Å². The quantitative estimate of drug-likeness (QED) is 0.687. The van der Waals surface area contributed by atoms with Crippen LogP contribution in [-0.2, 0) is 24.8 Å². The molecule has 0 saturated carbocycles. The third-order valence-corrected chi connectivity index (χ3v) is 7.56. The van der Waals surface area contributed by atoms with E-state index >= 15 is 0 Å². The Kier molecular flexibility index (Phi) is 6.54. The molecule has 1 unspecified atom stereocenters. The van der Waals surface area contributed by atoms with Crippen LogP contribution in [0, 0.1) is 5.92 Å². The molecule has 8 nitrogen and oxygen atoms in total. The maximum atomic E-state index is 12.6. The van der Waals surface area contributed by atoms with E-state index in [1.54, 1.807) is 4.90 Å². The highest BCUT2D eigenvalue weighted by atomic mass is 32.2. The zero-order valence-electron chi connectivity index (χ0n) is 16.1. The molecule has 1 saturated heterocycles. The highest BCUT2D eigenvalue weighted by Crippen LogP contribution is 2.23. The summed E-state index contributed by atoms with van der Waals surface area (Å²) in [6.45, 7) is 3.01. The molecular formula is C17H27N3O5S2. The molecule has 1 aliphatic heterocycles. The van der Waals surface area contributed by atoms with Gasteiger partial charge in [-0.25, -0.2) is 21.1 Å². The Morgan fingerprint density at radius 2 is 1.74 bits per heavy atom. The van der Waals surface area contributed by atoms with Crippen LogP contribution >= 0.6 is 0 Å². The molecule has 2 rings (SSSR count). The second-order valence-electron chi connectivity index (χ2n) is 7.14. The van der Waals surface area contributed by atoms with Gasteiger partial charge in [0.1, 0.15) is 6.54 Å². The normalized spacial score (nSPS) is 18.6. The van der Waals surface area contributed by atoms with Gasteiger partial charge in [0.25, 0.3) is 0 Å². The lowest BCUT2D eigenvalue weighted by Gasteiger charge is -2.33. The molecule has 1 heterocycles. The fraction of sp³-hybridized carbons (Fsp3) is 0.588. The van der Waals surface area contributed by atoms with Gasteiger partial charge in [0.15, 0.2) is 0 Å². The van der Waals surface area contributed by atoms with Gasteiger partial charge in [-0.1, -0.05) is 6.92 Å². The van der Waals surface area contributed by atoms with Gasteiger partial charge in [-0.3, -0.25) is 9.10 Å². The summed E-state index contributed by atoms with van der Waals surface area (Å²) in [6.07, 6.45) is 2.99. The number of piperidine rings is 1. The minimum absolute atomic E-state index is 0.0564. The van der Waals surface area contributed by atoms with E-state index < -0.39 is 20.0 Å². The Bertz CT molecular complexity index is 880. The van der Waals surface area contributed by atoms with Crippen LogP contribution in [0.25, 0.3) is 0 Å². The molecule has 0 spiro atoms. The van der Waals surface area contributed by atoms with Crippen molar-refractivity contribution in [3.8, 4) is 0 Å². The molecule has 1 atom stereocenters. The van der Waals surface area contributed by atoms with Gasteiger partial charge in [-0.15, -0.1) is 0 Å². The number of carbonyl (C=O) groups is 1. The number of rotatable bonds is 6. The Morgan fingerprint density at radius 1 is 1.15 bits per heavy atom. The van der Waals surface area contributed by atoms with Gasteiger partial charge >= 0.3 is 0 Å². The first kappa shape index (κ1) is 21.6. The van der Waals surface area contributed by atoms with E-state index in [9.17, 15) is 21.6 Å². The molecule has 10 heteroatoms. The number of benzene rings is 1. The Morgan fingerprint density at radius 3 is 2.22 bits per heavy atom. The first-order chi connectivity index (χ1) is 12.4. The summed E-state index contributed by atoms with van der Waals surface area (Å²) in [4.78, 5) is 14.4. The maximum Gasteiger partial charge on any atom is 0.243 e. The zero-order valence-corrected chi connectivity index (χ0v) is 17.8. The molecule has 0 aromatic heterocycles. The average Bonchev–Trinajstić information content (AvgIpc) is 2.58. The maximum absolute atomic E-state index is 12.6. The van der Waals surface area contributed by atoms with Crippen LogP contribution in [0.4, 0.5) is 5.69 Å². The number of anilines is 1. The monoisotopic (exact) mass is 417 g/mol. The average molecular weight is 418 g/mol. The van der Waals surface area contributed by atoms with Crippen molar-refractivity contribution in [1.82, 2.24) is 9.21 Å². The van der Waals surface area contributed by atoms with Crippen LogP contribution in [0.15, 0.2) is 29.2 Å². The Balaban J connectivity index is 2.26. The molecule has 0 aliphatic carbocycles. The molecule has 152 valence electrons. The van der Waals surface area contributed by atoms with E-state index in [0.717, 1.165) is 27.7 Å². The van der Waals surface area contributed by atoms with Gasteiger partial charge in [-0.05, 0) is 43.0 Å². The van der Waals surface area contributed by atoms with Crippen molar-refractivity contribution in [1.29, 1.82) is 0 Å². The lowest BCUT2D eigenvalue weighted by atomic mass is 10.0. The summed E-state index contributed by atoms with van der Waals surface area (Å²) < 4.78 is 50.9. The number of carbonyl (C=O) groups excluding carboxylic acids is 1. The van der Waals surface area contributed by atoms with E-state index in [0.29, 0.717) is 19.0 Å². The summed E-state index contributed by atoms with van der Waals surface area (Å²) in [6, 6.07) is 5.50. The van der Waals surface area contributed by atoms with Gasteiger partial charge in [0, 0.05) is 27.2 Å². The van der Waals surface area contributed by atoms with E-state index in [2.05, 4.69) is 6.92 Å². The highest BCUT2D eigenvalue weighted by molar-refractivity contribution is 7.92. The molecule has 1 aliphatic rings. The predicted molar refractivity (Wildman–Crippen MR) is 104 cm³/mol. The third-order valence-electron chi connectivity index (χ3n) is 4.59. The number of amides is 1. The summed E-state index contributed by atoms with van der Waals surface area (Å²) in [7, 11) is -4.47. The van der Waals surface area contributed by atoms with Gasteiger partial charge < -0.3 is 4.90 Å². The lowest BCUT2D eigenvalue weighted by molar-refractivity contribution is -0.131. The van der Waals surface area contributed by atoms with Crippen LogP contribution in [0.1, 0.15) is 19.8 Å². The minimum atomic E-state index is -3.70. The molecule has 1 fully saturated rings. The van der Waals surface area contributed by atoms with Crippen LogP contribution in [0.3, 0.4) is 0 Å². The van der Waals surface area contributed by atoms with E-state index in [4.69, 9.17) is 0 Å². The van der Waals surface area contributed by atoms with E-state index in [1.807, 2.05) is 0 Å². The number of likely N-dealkylation sites (tertiary alicyclic amines) is 1. The van der Waals surface area contributed by atoms with Crippen LogP contribution in [-0.4, -0.2) is 71.9 Å². The SMILES string of the molecule is CC1CCCN(C(=O)CN(c2ccc(S(=O)(=O)N(C)C)cc2)S(C)(=O)=O)C1. The van der Waals surface area contributed by atoms with Crippen molar-refractivity contribution in [2.45, 2.75) is 24.7 Å². The summed E-state index contributed by atoms with van der Waals surface area (Å²) in [5.74, 6) is 0.141. The van der Waals surface area contributed by atoms with Crippen molar-refractivity contribution >= 4 is 31.6 Å². The zero-order chi connectivity index (χ0) is 20.4. The Labute approximate surface area is 161 Å². The molecule has 0 bridgehead atoms. The van der Waals surface area contributed by atoms with Gasteiger partial charge in [-0.2, -0.15) is 0 Å². The number of sulfonamides is 2. The van der Waals surface area contributed by atoms with Crippen LogP contribution in [0.2, 0.25) is 0 Å². The fourth-order valence-electron chi connectivity index (χ4n) is 3.03. The third kappa shape index (κ3) is 5.20. The fourth-order valence-corrected chi connectivity index (χ4v) is 4.79. The summed E-state index contributed by atoms with van der Waals surface area (Å²) in [5, 5.41) is 0. The molecule has 0 radical (unpaired) electrons. The van der Waals surface area contributed by atoms with Crippen molar-refractivity contribution in [2.75, 3.05) is 44.3 Å². The van der Waals surface area contributed by atoms with Crippen molar-refractivity contribution in [2.24, 2.45) is 5.92 Å². The lowest BCUT2D eigenvalue weighted by Crippen LogP contribution is -2.46. The highest BCUT2D eigenvalue weighted by Gasteiger charge is 2.27. The second kappa shape index (κ2) is 8.15. The van der Waals surface area contributed by atoms with Crippen LogP contribution < -0.4 is 4.31 Å². The van der Waals surface area contributed by atoms with Crippen LogP contribution in [0.5, 0.6) is 0 Å². The Hall–Kier alpha value is -1.65. The first-order valence-corrected chi connectivity index (χ1v) is 12.0. The molecule has 1 amide bonds. The largest absolute Gasteiger partial charge is 0.341 e. The molecule has 1 aromatic rings. The van der Waals surface area contributed by atoms with E-state index in [-0.39, 0.29) is 23.0 Å². The standard InChI is InChI=1S/C17H27N3O5S2/c1-14-6-5-11-19(12-14)17(21)13-20(26(4,22)23)15-7-9-16(10-8-15)27(24,25)18(2)3/h7-10,14H,5-6,11-13H2,1-4H3. The topological polar surface area (TPSA) is 95.1 Å². The molecule has 27 heavy (non-hydrogen) atoms. The summed E-state index contributed by atoms with van der Waals surface area (Å²) in [5.41, 5.74) is 0.258. The number of hydrogen-bond donors (Lipinski definition) is 0. The van der Waals surface area contributed by atoms with Crippen molar-refractivity contribution in [3.05, 3.63) is 24.3 Å². The van der Waals surface area contributed by atoms with Gasteiger partial charge in [0.2, 0.25) is 26.0 Å². The molecule has 0 N–H and O–H groups in total. The number of nitrogens with zero attached hydrogens (tertiary/aromatic N) is 3. The van der Waals surface area contributed by atoms with Crippen molar-refractivity contribution < 1.29 is 21.6 Å². The molecule has 1 aromatic carbocycles. The second-order valence-corrected chi connectivity index (χ2v) is 11.2. The first-order valence-electron chi connectivity index (χ1n) is 8.71. The minimum Gasteiger partial charge on any atom is -0.341 e. The summed E-state index contributed by atoms with van der Waals surface area (Å²) >= 11 is 0. The smallest absolute Gasteiger partial charge is 0.243 e.